The first-order chi connectivity index (χ1) is 20.6. The summed E-state index contributed by atoms with van der Waals surface area (Å²) in [5, 5.41) is 3.70. The Morgan fingerprint density at radius 1 is 0.574 bits per heavy atom. The van der Waals surface area contributed by atoms with Gasteiger partial charge in [-0.05, 0) is 30.2 Å². The van der Waals surface area contributed by atoms with Crippen LogP contribution in [0.3, 0.4) is 0 Å². The number of pyridine rings is 1. The van der Waals surface area contributed by atoms with Crippen LogP contribution in [-0.4, -0.2) is 60.4 Å². The van der Waals surface area contributed by atoms with E-state index in [4.69, 9.17) is 38.9 Å². The fourth-order valence-corrected chi connectivity index (χ4v) is 2.63. The molecule has 0 aliphatic rings. The summed E-state index contributed by atoms with van der Waals surface area (Å²) in [6.45, 7) is 2.19. The van der Waals surface area contributed by atoms with Crippen molar-refractivity contribution >= 4 is 30.4 Å². The molecule has 1 heterocycles. The maximum Gasteiger partial charge on any atom is 3.00 e. The van der Waals surface area contributed by atoms with Crippen molar-refractivity contribution in [1.82, 2.24) is 10.3 Å². The molecular weight excluding hydrogens is 888 g/mol. The predicted molar refractivity (Wildman–Crippen MR) is 138 cm³/mol. The second-order valence-electron chi connectivity index (χ2n) is 8.10. The minimum Gasteiger partial charge on any atom is -0.741 e. The maximum atomic E-state index is 10.7. The SMILES string of the molecule is C[C@H](N[C@H](c1ccccc1)c1ccccn1)c1ccccc1.O=S(=O)([O-])C(F)(F)F.O=S(=O)([O-])C(F)(F)F.O=S(=O)([O-])C(F)(F)F.[Yb+3]. The number of aromatic nitrogens is 1. The number of hydrogen-bond acceptors (Lipinski definition) is 11. The molecule has 1 N–H and O–H groups in total. The van der Waals surface area contributed by atoms with Gasteiger partial charge in [-0.2, -0.15) is 39.5 Å². The van der Waals surface area contributed by atoms with Crippen LogP contribution in [0, 0.1) is 46.9 Å². The number of alkyl halides is 9. The van der Waals surface area contributed by atoms with Crippen LogP contribution in [0.5, 0.6) is 0 Å². The fourth-order valence-electron chi connectivity index (χ4n) is 2.63. The van der Waals surface area contributed by atoms with Gasteiger partial charge in [-0.3, -0.25) is 10.3 Å². The average molecular weight is 909 g/mol. The molecule has 3 aromatic rings. The summed E-state index contributed by atoms with van der Waals surface area (Å²) in [7, 11) is -18.3. The van der Waals surface area contributed by atoms with Crippen LogP contribution in [-0.2, 0) is 30.4 Å². The van der Waals surface area contributed by atoms with Crippen LogP contribution in [0.2, 0.25) is 0 Å². The van der Waals surface area contributed by atoms with Gasteiger partial charge in [0.05, 0.1) is 11.7 Å². The van der Waals surface area contributed by atoms with Crippen LogP contribution >= 0.6 is 0 Å². The Hall–Kier alpha value is -1.83. The first-order valence-corrected chi connectivity index (χ1v) is 15.7. The van der Waals surface area contributed by atoms with Gasteiger partial charge in [-0.15, -0.1) is 0 Å². The van der Waals surface area contributed by atoms with Gasteiger partial charge in [0.15, 0.2) is 30.4 Å². The Kier molecular flexibility index (Phi) is 19.5. The Morgan fingerprint density at radius 3 is 1.15 bits per heavy atom. The third kappa shape index (κ3) is 18.5. The van der Waals surface area contributed by atoms with E-state index in [2.05, 4.69) is 71.8 Å². The number of halogens is 9. The van der Waals surface area contributed by atoms with E-state index >= 15 is 0 Å². The van der Waals surface area contributed by atoms with Gasteiger partial charge >= 0.3 is 63.4 Å². The van der Waals surface area contributed by atoms with Gasteiger partial charge in [0.25, 0.3) is 0 Å². The van der Waals surface area contributed by atoms with Crippen LogP contribution < -0.4 is 5.32 Å². The molecule has 1 radical (unpaired) electrons. The van der Waals surface area contributed by atoms with Crippen molar-refractivity contribution in [3.8, 4) is 0 Å². The monoisotopic (exact) mass is 909 g/mol. The van der Waals surface area contributed by atoms with Crippen molar-refractivity contribution in [2.45, 2.75) is 35.5 Å². The molecule has 0 unspecified atom stereocenters. The van der Waals surface area contributed by atoms with Crippen LogP contribution in [0.4, 0.5) is 39.5 Å². The smallest absolute Gasteiger partial charge is 0.741 e. The predicted octanol–water partition coefficient (Wildman–Crippen LogP) is 4.68. The van der Waals surface area contributed by atoms with Crippen LogP contribution in [0.1, 0.15) is 35.8 Å². The summed E-state index contributed by atoms with van der Waals surface area (Å²) in [6.07, 6.45) is 1.85. The van der Waals surface area contributed by atoms with E-state index in [1.807, 2.05) is 30.5 Å². The second kappa shape index (κ2) is 19.4. The molecular formula is C23H20F9N2O9S3Yb. The Morgan fingerprint density at radius 2 is 0.872 bits per heavy atom. The molecule has 2 atom stereocenters. The first kappa shape index (κ1) is 47.3. The summed E-state index contributed by atoms with van der Waals surface area (Å²) >= 11 is 0. The molecule has 3 rings (SSSR count). The summed E-state index contributed by atoms with van der Waals surface area (Å²) in [6, 6.07) is 27.3. The maximum absolute atomic E-state index is 10.7. The number of nitrogens with one attached hydrogen (secondary N) is 1. The van der Waals surface area contributed by atoms with Crippen LogP contribution in [0.25, 0.3) is 0 Å². The Balaban J connectivity index is 0. The molecule has 0 fully saturated rings. The zero-order valence-electron chi connectivity index (χ0n) is 22.8. The molecule has 0 saturated heterocycles. The summed E-state index contributed by atoms with van der Waals surface area (Å²) in [5.41, 5.74) is -13.4. The molecule has 0 bridgehead atoms. The molecule has 2 aromatic carbocycles. The summed E-state index contributed by atoms with van der Waals surface area (Å²) < 4.78 is 177. The minimum absolute atomic E-state index is 0. The average Bonchev–Trinajstić information content (AvgIpc) is 2.91. The Bertz CT molecular complexity index is 1520. The standard InChI is InChI=1S/C20H20N2.3CHF3O3S.Yb/c1-16(17-10-4-2-5-11-17)22-20(18-12-6-3-7-13-18)19-14-8-9-15-21-19;3*2-1(3,4)8(5,6)7;/h2-16,20,22H,1H3;3*(H,5,6,7);/q;;;;+3/p-3/t16-,20+;;;;/m0..../s1. The molecule has 0 aliphatic heterocycles. The molecule has 0 aliphatic carbocycles. The molecule has 0 spiro atoms. The van der Waals surface area contributed by atoms with E-state index in [9.17, 15) is 39.5 Å². The zero-order valence-corrected chi connectivity index (χ0v) is 26.9. The largest absolute Gasteiger partial charge is 3.00 e. The van der Waals surface area contributed by atoms with Crippen molar-refractivity contribution in [2.24, 2.45) is 0 Å². The van der Waals surface area contributed by atoms with E-state index in [1.165, 1.54) is 11.1 Å². The number of rotatable bonds is 5. The Labute approximate surface area is 301 Å². The van der Waals surface area contributed by atoms with Gasteiger partial charge in [0.1, 0.15) is 0 Å². The third-order valence-electron chi connectivity index (χ3n) is 4.68. The van der Waals surface area contributed by atoms with Crippen molar-refractivity contribution in [3.05, 3.63) is 102 Å². The van der Waals surface area contributed by atoms with Crippen molar-refractivity contribution < 1.29 is 125 Å². The minimum atomic E-state index is -6.09. The van der Waals surface area contributed by atoms with Crippen molar-refractivity contribution in [2.75, 3.05) is 0 Å². The fraction of sp³-hybridized carbons (Fsp3) is 0.261. The number of nitrogens with zero attached hydrogens (tertiary/aromatic N) is 1. The van der Waals surface area contributed by atoms with Crippen LogP contribution in [0.15, 0.2) is 85.1 Å². The van der Waals surface area contributed by atoms with Gasteiger partial charge in [0, 0.05) is 12.2 Å². The molecule has 47 heavy (non-hydrogen) atoms. The summed E-state index contributed by atoms with van der Waals surface area (Å²) in [5.74, 6) is 0. The third-order valence-corrected chi connectivity index (χ3v) is 6.38. The molecule has 0 amide bonds. The normalized spacial score (nSPS) is 13.5. The topological polar surface area (TPSA) is 197 Å². The zero-order chi connectivity index (χ0) is 36.2. The quantitative estimate of drug-likeness (QED) is 0.212. The van der Waals surface area contributed by atoms with Crippen molar-refractivity contribution in [3.63, 3.8) is 0 Å². The van der Waals surface area contributed by atoms with E-state index in [0.717, 1.165) is 5.69 Å². The summed E-state index contributed by atoms with van der Waals surface area (Å²) in [4.78, 5) is 4.54. The molecule has 0 saturated carbocycles. The van der Waals surface area contributed by atoms with Gasteiger partial charge < -0.3 is 13.7 Å². The van der Waals surface area contributed by atoms with Gasteiger partial charge in [-0.1, -0.05) is 66.7 Å². The van der Waals surface area contributed by atoms with Gasteiger partial charge in [0.2, 0.25) is 0 Å². The van der Waals surface area contributed by atoms with Gasteiger partial charge in [-0.25, -0.2) is 25.3 Å². The molecule has 271 valence electrons. The van der Waals surface area contributed by atoms with E-state index in [1.54, 1.807) is 0 Å². The first-order valence-electron chi connectivity index (χ1n) is 11.4. The van der Waals surface area contributed by atoms with E-state index in [-0.39, 0.29) is 59.0 Å². The molecule has 11 nitrogen and oxygen atoms in total. The number of benzene rings is 2. The molecule has 1 aromatic heterocycles. The molecule has 24 heteroatoms. The van der Waals surface area contributed by atoms with Crippen molar-refractivity contribution in [1.29, 1.82) is 0 Å². The number of hydrogen-bond donors (Lipinski definition) is 1. The second-order valence-corrected chi connectivity index (χ2v) is 12.2. The van der Waals surface area contributed by atoms with E-state index < -0.39 is 46.9 Å². The van der Waals surface area contributed by atoms with E-state index in [0.29, 0.717) is 0 Å².